The van der Waals surface area contributed by atoms with Crippen LogP contribution >= 0.6 is 0 Å². The molecule has 1 aromatic carbocycles. The maximum Gasteiger partial charge on any atom is 0.126 e. The molecule has 0 unspecified atom stereocenters. The van der Waals surface area contributed by atoms with Crippen LogP contribution in [0.3, 0.4) is 0 Å². The van der Waals surface area contributed by atoms with Crippen molar-refractivity contribution in [2.75, 3.05) is 26.2 Å². The van der Waals surface area contributed by atoms with E-state index in [0.717, 1.165) is 37.4 Å². The number of ether oxygens (including phenoxy) is 1. The lowest BCUT2D eigenvalue weighted by Crippen LogP contribution is -2.26. The van der Waals surface area contributed by atoms with Gasteiger partial charge in [-0.3, -0.25) is 0 Å². The molecule has 0 aliphatic carbocycles. The second-order valence-corrected chi connectivity index (χ2v) is 4.73. The summed E-state index contributed by atoms with van der Waals surface area (Å²) in [6.07, 6.45) is 5.46. The predicted molar refractivity (Wildman–Crippen MR) is 83.7 cm³/mol. The molecular formula is C17H27NO. The highest BCUT2D eigenvalue weighted by Crippen LogP contribution is 2.18. The molecule has 0 aliphatic rings. The topological polar surface area (TPSA) is 12.5 Å². The molecule has 0 fully saturated rings. The molecule has 1 rings (SSSR count). The summed E-state index contributed by atoms with van der Waals surface area (Å²) in [6, 6.07) is 8.04. The Bertz CT molecular complexity index is 362. The maximum absolute atomic E-state index is 5.83. The average molecular weight is 261 g/mol. The Labute approximate surface area is 118 Å². The van der Waals surface area contributed by atoms with Gasteiger partial charge in [0.25, 0.3) is 0 Å². The van der Waals surface area contributed by atoms with Crippen LogP contribution in [0.5, 0.6) is 5.75 Å². The Morgan fingerprint density at radius 1 is 1.16 bits per heavy atom. The van der Waals surface area contributed by atoms with Gasteiger partial charge < -0.3 is 9.64 Å². The quantitative estimate of drug-likeness (QED) is 0.585. The van der Waals surface area contributed by atoms with Crippen molar-refractivity contribution in [2.45, 2.75) is 33.1 Å². The molecule has 0 bridgehead atoms. The fourth-order valence-corrected chi connectivity index (χ4v) is 2.06. The fraction of sp³-hybridized carbons (Fsp3) is 0.529. The van der Waals surface area contributed by atoms with Crippen LogP contribution in [-0.4, -0.2) is 31.1 Å². The lowest BCUT2D eigenvalue weighted by atomic mass is 10.2. The SMILES string of the molecule is C=Cc1ccccc1OCCCN(CC)CCCC. The summed E-state index contributed by atoms with van der Waals surface area (Å²) in [7, 11) is 0. The second kappa shape index (κ2) is 9.62. The van der Waals surface area contributed by atoms with Crippen LogP contribution in [0.1, 0.15) is 38.7 Å². The van der Waals surface area contributed by atoms with Gasteiger partial charge in [0.15, 0.2) is 0 Å². The summed E-state index contributed by atoms with van der Waals surface area (Å²) in [4.78, 5) is 2.49. The van der Waals surface area contributed by atoms with Gasteiger partial charge in [0.05, 0.1) is 6.61 Å². The summed E-state index contributed by atoms with van der Waals surface area (Å²) in [6.45, 7) is 12.5. The molecule has 0 amide bonds. The molecule has 2 heteroatoms. The molecule has 0 heterocycles. The number of benzene rings is 1. The van der Waals surface area contributed by atoms with Gasteiger partial charge >= 0.3 is 0 Å². The van der Waals surface area contributed by atoms with Gasteiger partial charge in [-0.25, -0.2) is 0 Å². The van der Waals surface area contributed by atoms with E-state index in [1.54, 1.807) is 0 Å². The zero-order chi connectivity index (χ0) is 13.9. The van der Waals surface area contributed by atoms with E-state index in [9.17, 15) is 0 Å². The van der Waals surface area contributed by atoms with Gasteiger partial charge in [-0.05, 0) is 32.0 Å². The lowest BCUT2D eigenvalue weighted by Gasteiger charge is -2.20. The third-order valence-corrected chi connectivity index (χ3v) is 3.29. The van der Waals surface area contributed by atoms with Crippen molar-refractivity contribution in [3.63, 3.8) is 0 Å². The first-order valence-electron chi connectivity index (χ1n) is 7.38. The number of para-hydroxylation sites is 1. The molecule has 0 saturated carbocycles. The first-order valence-corrected chi connectivity index (χ1v) is 7.38. The highest BCUT2D eigenvalue weighted by Gasteiger charge is 2.02. The minimum atomic E-state index is 0.771. The number of rotatable bonds is 10. The van der Waals surface area contributed by atoms with E-state index in [4.69, 9.17) is 4.74 Å². The minimum absolute atomic E-state index is 0.771. The third-order valence-electron chi connectivity index (χ3n) is 3.29. The van der Waals surface area contributed by atoms with E-state index in [1.165, 1.54) is 19.4 Å². The number of nitrogens with zero attached hydrogens (tertiary/aromatic N) is 1. The molecule has 0 atom stereocenters. The number of hydrogen-bond donors (Lipinski definition) is 0. The summed E-state index contributed by atoms with van der Waals surface area (Å²) < 4.78 is 5.83. The van der Waals surface area contributed by atoms with Crippen molar-refractivity contribution in [1.82, 2.24) is 4.90 Å². The van der Waals surface area contributed by atoms with Crippen LogP contribution in [-0.2, 0) is 0 Å². The monoisotopic (exact) mass is 261 g/mol. The van der Waals surface area contributed by atoms with Gasteiger partial charge in [-0.2, -0.15) is 0 Å². The largest absolute Gasteiger partial charge is 0.493 e. The minimum Gasteiger partial charge on any atom is -0.493 e. The van der Waals surface area contributed by atoms with Crippen molar-refractivity contribution in [3.05, 3.63) is 36.4 Å². The molecule has 0 aliphatic heterocycles. The summed E-state index contributed by atoms with van der Waals surface area (Å²) >= 11 is 0. The van der Waals surface area contributed by atoms with Gasteiger partial charge in [0, 0.05) is 12.1 Å². The van der Waals surface area contributed by atoms with Crippen molar-refractivity contribution in [2.24, 2.45) is 0 Å². The normalized spacial score (nSPS) is 10.7. The molecule has 0 saturated heterocycles. The van der Waals surface area contributed by atoms with Crippen LogP contribution in [0, 0.1) is 0 Å². The molecule has 1 aromatic rings. The van der Waals surface area contributed by atoms with Crippen molar-refractivity contribution in [1.29, 1.82) is 0 Å². The van der Waals surface area contributed by atoms with Crippen LogP contribution in [0.15, 0.2) is 30.8 Å². The first-order chi connectivity index (χ1) is 9.31. The van der Waals surface area contributed by atoms with E-state index in [-0.39, 0.29) is 0 Å². The fourth-order valence-electron chi connectivity index (χ4n) is 2.06. The van der Waals surface area contributed by atoms with Crippen LogP contribution in [0.2, 0.25) is 0 Å². The Hall–Kier alpha value is -1.28. The number of unbranched alkanes of at least 4 members (excludes halogenated alkanes) is 1. The summed E-state index contributed by atoms with van der Waals surface area (Å²) in [5, 5.41) is 0. The number of hydrogen-bond acceptors (Lipinski definition) is 2. The van der Waals surface area contributed by atoms with Crippen molar-refractivity contribution < 1.29 is 4.74 Å². The molecule has 0 spiro atoms. The maximum atomic E-state index is 5.83. The molecule has 106 valence electrons. The molecular weight excluding hydrogens is 234 g/mol. The van der Waals surface area contributed by atoms with E-state index < -0.39 is 0 Å². The van der Waals surface area contributed by atoms with Crippen LogP contribution in [0.4, 0.5) is 0 Å². The van der Waals surface area contributed by atoms with Crippen LogP contribution in [0.25, 0.3) is 6.08 Å². The van der Waals surface area contributed by atoms with Crippen molar-refractivity contribution >= 4 is 6.08 Å². The van der Waals surface area contributed by atoms with E-state index in [2.05, 4.69) is 25.3 Å². The van der Waals surface area contributed by atoms with Crippen molar-refractivity contribution in [3.8, 4) is 5.75 Å². The third kappa shape index (κ3) is 5.93. The Morgan fingerprint density at radius 2 is 1.89 bits per heavy atom. The van der Waals surface area contributed by atoms with E-state index in [1.807, 2.05) is 30.3 Å². The Balaban J connectivity index is 2.27. The molecule has 2 nitrogen and oxygen atoms in total. The summed E-state index contributed by atoms with van der Waals surface area (Å²) in [5.41, 5.74) is 1.07. The van der Waals surface area contributed by atoms with Gasteiger partial charge in [-0.1, -0.05) is 51.1 Å². The molecule has 0 N–H and O–H groups in total. The first kappa shape index (κ1) is 15.8. The molecule has 0 aromatic heterocycles. The molecule has 0 radical (unpaired) electrons. The zero-order valence-electron chi connectivity index (χ0n) is 12.4. The summed E-state index contributed by atoms with van der Waals surface area (Å²) in [5.74, 6) is 0.939. The predicted octanol–water partition coefficient (Wildman–Crippen LogP) is 4.22. The smallest absolute Gasteiger partial charge is 0.126 e. The van der Waals surface area contributed by atoms with E-state index >= 15 is 0 Å². The average Bonchev–Trinajstić information content (AvgIpc) is 2.47. The van der Waals surface area contributed by atoms with Crippen LogP contribution < -0.4 is 4.74 Å². The van der Waals surface area contributed by atoms with Gasteiger partial charge in [0.1, 0.15) is 5.75 Å². The van der Waals surface area contributed by atoms with Gasteiger partial charge in [-0.15, -0.1) is 0 Å². The molecule has 19 heavy (non-hydrogen) atoms. The zero-order valence-corrected chi connectivity index (χ0v) is 12.4. The Kier molecular flexibility index (Phi) is 7.99. The highest BCUT2D eigenvalue weighted by molar-refractivity contribution is 5.55. The standard InChI is InChI=1S/C17H27NO/c1-4-7-13-18(6-3)14-10-15-19-17-12-9-8-11-16(17)5-2/h5,8-9,11-12H,2,4,6-7,10,13-15H2,1,3H3. The van der Waals surface area contributed by atoms with Gasteiger partial charge in [0.2, 0.25) is 0 Å². The van der Waals surface area contributed by atoms with E-state index in [0.29, 0.717) is 0 Å². The highest BCUT2D eigenvalue weighted by atomic mass is 16.5. The lowest BCUT2D eigenvalue weighted by molar-refractivity contribution is 0.239. The Morgan fingerprint density at radius 3 is 2.58 bits per heavy atom. The second-order valence-electron chi connectivity index (χ2n) is 4.73.